The molecule has 1 aromatic heterocycles. The first-order valence-electron chi connectivity index (χ1n) is 9.34. The molecule has 0 amide bonds. The molecule has 1 atom stereocenters. The zero-order valence-electron chi connectivity index (χ0n) is 16.2. The van der Waals surface area contributed by atoms with Crippen LogP contribution in [0.3, 0.4) is 0 Å². The molecule has 27 heavy (non-hydrogen) atoms. The van der Waals surface area contributed by atoms with Crippen molar-refractivity contribution < 1.29 is 0 Å². The van der Waals surface area contributed by atoms with E-state index < -0.39 is 0 Å². The van der Waals surface area contributed by atoms with Crippen molar-refractivity contribution in [2.75, 3.05) is 11.9 Å². The van der Waals surface area contributed by atoms with Crippen LogP contribution in [0, 0.1) is 11.3 Å². The summed E-state index contributed by atoms with van der Waals surface area (Å²) in [7, 11) is 2.16. The maximum atomic E-state index is 9.68. The minimum atomic E-state index is 0.149. The first-order valence-corrected chi connectivity index (χ1v) is 9.34. The molecule has 4 rings (SSSR count). The number of anilines is 1. The van der Waals surface area contributed by atoms with Gasteiger partial charge in [-0.25, -0.2) is 4.98 Å². The number of benzene rings is 2. The number of aromatic amines is 1. The summed E-state index contributed by atoms with van der Waals surface area (Å²) < 4.78 is 0. The number of allylic oxidation sites excluding steroid dienone is 1. The van der Waals surface area contributed by atoms with Crippen molar-refractivity contribution in [3.63, 3.8) is 0 Å². The molecule has 0 bridgehead atoms. The van der Waals surface area contributed by atoms with Gasteiger partial charge in [0.25, 0.3) is 0 Å². The number of nitriles is 1. The summed E-state index contributed by atoms with van der Waals surface area (Å²) in [6.45, 7) is 6.86. The second kappa shape index (κ2) is 6.28. The maximum Gasteiger partial charge on any atom is 0.149 e. The van der Waals surface area contributed by atoms with Crippen molar-refractivity contribution >= 4 is 28.4 Å². The summed E-state index contributed by atoms with van der Waals surface area (Å²) in [5.41, 5.74) is 6.16. The molecule has 4 heteroatoms. The highest BCUT2D eigenvalue weighted by Crippen LogP contribution is 2.42. The van der Waals surface area contributed by atoms with E-state index in [-0.39, 0.29) is 5.54 Å². The van der Waals surface area contributed by atoms with Crippen LogP contribution in [-0.2, 0) is 0 Å². The van der Waals surface area contributed by atoms with Gasteiger partial charge in [0.2, 0.25) is 0 Å². The van der Waals surface area contributed by atoms with Crippen LogP contribution in [-0.4, -0.2) is 22.6 Å². The number of nitrogens with zero attached hydrogens (tertiary/aromatic N) is 3. The molecule has 0 unspecified atom stereocenters. The van der Waals surface area contributed by atoms with Gasteiger partial charge in [-0.15, -0.1) is 0 Å². The highest BCUT2D eigenvalue weighted by molar-refractivity contribution is 5.90. The number of rotatable bonds is 2. The summed E-state index contributed by atoms with van der Waals surface area (Å²) in [6, 6.07) is 16.6. The Morgan fingerprint density at radius 2 is 2.07 bits per heavy atom. The zero-order chi connectivity index (χ0) is 19.2. The number of nitrogens with one attached hydrogen (secondary N) is 1. The zero-order valence-corrected chi connectivity index (χ0v) is 16.2. The fourth-order valence-electron chi connectivity index (χ4n) is 4.09. The quantitative estimate of drug-likeness (QED) is 0.630. The Kier molecular flexibility index (Phi) is 4.04. The molecule has 0 radical (unpaired) electrons. The number of imidazole rings is 1. The smallest absolute Gasteiger partial charge is 0.149 e. The Bertz CT molecular complexity index is 1050. The number of H-pyrrole nitrogens is 1. The molecule has 0 aliphatic carbocycles. The maximum absolute atomic E-state index is 9.68. The Labute approximate surface area is 160 Å². The minimum absolute atomic E-state index is 0.149. The molecule has 4 nitrogen and oxygen atoms in total. The standard InChI is InChI=1S/C23H24N4/c1-15-13-23(2,3)27(4)21-10-9-16(12-18(15)21)11-17(14-24)22-25-19-7-5-6-8-20(19)26-22/h5-12,15H,13H2,1-4H3,(H,25,26)/b17-11-/t15-/m0/s1. The van der Waals surface area contributed by atoms with Crippen molar-refractivity contribution in [2.45, 2.75) is 38.6 Å². The SMILES string of the molecule is C[C@H]1CC(C)(C)N(C)c2ccc(/C=C(/C#N)c3nc4ccccc4[nH]3)cc21. The van der Waals surface area contributed by atoms with Gasteiger partial charge in [-0.1, -0.05) is 25.1 Å². The van der Waals surface area contributed by atoms with E-state index >= 15 is 0 Å². The summed E-state index contributed by atoms with van der Waals surface area (Å²) in [5.74, 6) is 1.10. The van der Waals surface area contributed by atoms with Gasteiger partial charge >= 0.3 is 0 Å². The van der Waals surface area contributed by atoms with Gasteiger partial charge in [0.1, 0.15) is 11.9 Å². The number of para-hydroxylation sites is 2. The van der Waals surface area contributed by atoms with Crippen molar-refractivity contribution in [3.05, 3.63) is 59.4 Å². The van der Waals surface area contributed by atoms with Crippen LogP contribution in [0.5, 0.6) is 0 Å². The van der Waals surface area contributed by atoms with Crippen LogP contribution in [0.4, 0.5) is 5.69 Å². The molecule has 3 aromatic rings. The van der Waals surface area contributed by atoms with E-state index in [2.05, 4.69) is 67.0 Å². The van der Waals surface area contributed by atoms with Gasteiger partial charge < -0.3 is 9.88 Å². The Morgan fingerprint density at radius 3 is 2.81 bits per heavy atom. The van der Waals surface area contributed by atoms with E-state index in [1.807, 2.05) is 30.3 Å². The van der Waals surface area contributed by atoms with Gasteiger partial charge in [0.05, 0.1) is 16.6 Å². The van der Waals surface area contributed by atoms with Gasteiger partial charge in [0, 0.05) is 18.3 Å². The molecular weight excluding hydrogens is 332 g/mol. The molecule has 0 spiro atoms. The van der Waals surface area contributed by atoms with E-state index in [1.165, 1.54) is 11.3 Å². The summed E-state index contributed by atoms with van der Waals surface area (Å²) in [4.78, 5) is 10.2. The first-order chi connectivity index (χ1) is 12.9. The van der Waals surface area contributed by atoms with Gasteiger partial charge in [-0.2, -0.15) is 5.26 Å². The predicted octanol–water partition coefficient (Wildman–Crippen LogP) is 5.35. The lowest BCUT2D eigenvalue weighted by atomic mass is 9.80. The molecule has 0 saturated carbocycles. The third kappa shape index (κ3) is 3.00. The second-order valence-electron chi connectivity index (χ2n) is 8.07. The molecule has 1 aliphatic rings. The van der Waals surface area contributed by atoms with E-state index in [1.54, 1.807) is 0 Å². The average Bonchev–Trinajstić information content (AvgIpc) is 3.08. The molecule has 1 N–H and O–H groups in total. The summed E-state index contributed by atoms with van der Waals surface area (Å²) in [5, 5.41) is 9.68. The molecule has 1 aliphatic heterocycles. The Hall–Kier alpha value is -3.06. The normalized spacial score (nSPS) is 19.0. The predicted molar refractivity (Wildman–Crippen MR) is 112 cm³/mol. The van der Waals surface area contributed by atoms with Gasteiger partial charge in [0.15, 0.2) is 0 Å². The lowest BCUT2D eigenvalue weighted by molar-refractivity contribution is 0.395. The number of fused-ring (bicyclic) bond motifs is 2. The molecule has 2 heterocycles. The topological polar surface area (TPSA) is 55.7 Å². The lowest BCUT2D eigenvalue weighted by Gasteiger charge is -2.45. The molecule has 0 saturated heterocycles. The van der Waals surface area contributed by atoms with Crippen molar-refractivity contribution in [1.82, 2.24) is 9.97 Å². The van der Waals surface area contributed by atoms with Crippen LogP contribution in [0.1, 0.15) is 50.1 Å². The highest BCUT2D eigenvalue weighted by atomic mass is 15.2. The van der Waals surface area contributed by atoms with Crippen molar-refractivity contribution in [1.29, 1.82) is 5.26 Å². The first kappa shape index (κ1) is 17.4. The van der Waals surface area contributed by atoms with Gasteiger partial charge in [-0.3, -0.25) is 0 Å². The summed E-state index contributed by atoms with van der Waals surface area (Å²) >= 11 is 0. The van der Waals surface area contributed by atoms with Crippen LogP contribution < -0.4 is 4.90 Å². The van der Waals surface area contributed by atoms with E-state index in [4.69, 9.17) is 0 Å². The number of hydrogen-bond acceptors (Lipinski definition) is 3. The van der Waals surface area contributed by atoms with Crippen LogP contribution in [0.25, 0.3) is 22.7 Å². The van der Waals surface area contributed by atoms with Crippen LogP contribution >= 0.6 is 0 Å². The van der Waals surface area contributed by atoms with Crippen LogP contribution in [0.2, 0.25) is 0 Å². The Balaban J connectivity index is 1.75. The van der Waals surface area contributed by atoms with Crippen LogP contribution in [0.15, 0.2) is 42.5 Å². The molecule has 2 aromatic carbocycles. The minimum Gasteiger partial charge on any atom is -0.369 e. The second-order valence-corrected chi connectivity index (χ2v) is 8.07. The largest absolute Gasteiger partial charge is 0.369 e. The average molecular weight is 356 g/mol. The van der Waals surface area contributed by atoms with Crippen molar-refractivity contribution in [2.24, 2.45) is 0 Å². The Morgan fingerprint density at radius 1 is 1.30 bits per heavy atom. The molecule has 0 fully saturated rings. The van der Waals surface area contributed by atoms with Gasteiger partial charge in [-0.05, 0) is 67.7 Å². The van der Waals surface area contributed by atoms with E-state index in [0.29, 0.717) is 17.3 Å². The number of hydrogen-bond donors (Lipinski definition) is 1. The lowest BCUT2D eigenvalue weighted by Crippen LogP contribution is -2.45. The monoisotopic (exact) mass is 356 g/mol. The highest BCUT2D eigenvalue weighted by Gasteiger charge is 2.33. The fourth-order valence-corrected chi connectivity index (χ4v) is 4.09. The van der Waals surface area contributed by atoms with E-state index in [0.717, 1.165) is 23.0 Å². The summed E-state index contributed by atoms with van der Waals surface area (Å²) in [6.07, 6.45) is 3.03. The molecule has 136 valence electrons. The molecular formula is C23H24N4. The third-order valence-corrected chi connectivity index (χ3v) is 5.73. The van der Waals surface area contributed by atoms with E-state index in [9.17, 15) is 5.26 Å². The third-order valence-electron chi connectivity index (χ3n) is 5.73. The van der Waals surface area contributed by atoms with Crippen molar-refractivity contribution in [3.8, 4) is 6.07 Å². The number of aromatic nitrogens is 2. The fraction of sp³-hybridized carbons (Fsp3) is 0.304.